The fourth-order valence-electron chi connectivity index (χ4n) is 1.77. The smallest absolute Gasteiger partial charge is 0.123 e. The van der Waals surface area contributed by atoms with E-state index in [1.807, 2.05) is 26.0 Å². The van der Waals surface area contributed by atoms with Crippen LogP contribution in [0.1, 0.15) is 20.3 Å². The third-order valence-corrected chi connectivity index (χ3v) is 4.61. The molecule has 3 nitrogen and oxygen atoms in total. The maximum absolute atomic E-state index is 12.4. The summed E-state index contributed by atoms with van der Waals surface area (Å²) in [6.45, 7) is 11.5. The molecule has 1 saturated heterocycles. The van der Waals surface area contributed by atoms with Gasteiger partial charge in [0.2, 0.25) is 0 Å². The number of hydrogen-bond donors (Lipinski definition) is 0. The summed E-state index contributed by atoms with van der Waals surface area (Å²) in [4.78, 5) is 3.19. The number of likely N-dealkylation sites (N-methyl/N-ethyl adjacent to an activating group) is 1. The van der Waals surface area contributed by atoms with Crippen LogP contribution in [0.3, 0.4) is 0 Å². The van der Waals surface area contributed by atoms with E-state index in [1.54, 1.807) is 6.08 Å². The quantitative estimate of drug-likeness (QED) is 0.731. The van der Waals surface area contributed by atoms with Gasteiger partial charge in [-0.3, -0.25) is 0 Å². The van der Waals surface area contributed by atoms with Crippen molar-refractivity contribution in [1.29, 1.82) is 0 Å². The third kappa shape index (κ3) is 4.88. The monoisotopic (exact) mass is 268 g/mol. The minimum absolute atomic E-state index is 0.873. The van der Waals surface area contributed by atoms with E-state index in [4.69, 9.17) is 0 Å². The highest BCUT2D eigenvalue weighted by Gasteiger charge is 2.17. The van der Waals surface area contributed by atoms with Crippen LogP contribution in [0, 0.1) is 0 Å². The molecule has 0 aromatic rings. The van der Waals surface area contributed by atoms with Crippen molar-refractivity contribution < 1.29 is 4.21 Å². The predicted octanol–water partition coefficient (Wildman–Crippen LogP) is 2.32. The Labute approximate surface area is 113 Å². The van der Waals surface area contributed by atoms with Crippen molar-refractivity contribution >= 4 is 11.0 Å². The van der Waals surface area contributed by atoms with Gasteiger partial charge in [0, 0.05) is 24.5 Å². The standard InChI is InChI=1S/C14H24N2OS/c1-5-13(2)7-8-14(3)18(17)16-10-6-9-15(4)11-12-16/h5,7-8H,1,6,9-12H2,2-4H3/b13-7-,14-8+. The minimum Gasteiger partial charge on any atom is -0.305 e. The van der Waals surface area contributed by atoms with Gasteiger partial charge in [-0.2, -0.15) is 0 Å². The average molecular weight is 268 g/mol. The number of nitrogens with zero attached hydrogens (tertiary/aromatic N) is 2. The van der Waals surface area contributed by atoms with Crippen LogP contribution in [0.15, 0.2) is 35.3 Å². The molecule has 1 fully saturated rings. The van der Waals surface area contributed by atoms with E-state index in [0.717, 1.165) is 43.1 Å². The SMILES string of the molecule is C=C/C(C)=C\C=C(/C)S(=O)N1CCCN(C)CC1. The van der Waals surface area contributed by atoms with Gasteiger partial charge in [0.15, 0.2) is 0 Å². The topological polar surface area (TPSA) is 23.6 Å². The van der Waals surface area contributed by atoms with Crippen molar-refractivity contribution in [3.63, 3.8) is 0 Å². The van der Waals surface area contributed by atoms with Gasteiger partial charge in [-0.05, 0) is 39.9 Å². The number of rotatable bonds is 4. The van der Waals surface area contributed by atoms with Crippen LogP contribution in [0.25, 0.3) is 0 Å². The van der Waals surface area contributed by atoms with Gasteiger partial charge in [0.25, 0.3) is 0 Å². The lowest BCUT2D eigenvalue weighted by Gasteiger charge is -2.19. The highest BCUT2D eigenvalue weighted by molar-refractivity contribution is 7.86. The molecular formula is C14H24N2OS. The molecule has 0 N–H and O–H groups in total. The zero-order valence-corrected chi connectivity index (χ0v) is 12.5. The van der Waals surface area contributed by atoms with E-state index in [-0.39, 0.29) is 0 Å². The molecule has 1 aliphatic rings. The maximum Gasteiger partial charge on any atom is 0.123 e. The zero-order chi connectivity index (χ0) is 13.5. The Morgan fingerprint density at radius 3 is 2.56 bits per heavy atom. The molecule has 0 spiro atoms. The Morgan fingerprint density at radius 1 is 1.17 bits per heavy atom. The molecule has 1 aliphatic heterocycles. The first-order valence-electron chi connectivity index (χ1n) is 6.37. The fraction of sp³-hybridized carbons (Fsp3) is 0.571. The van der Waals surface area contributed by atoms with E-state index in [9.17, 15) is 4.21 Å². The first kappa shape index (κ1) is 15.3. The molecular weight excluding hydrogens is 244 g/mol. The van der Waals surface area contributed by atoms with E-state index in [0.29, 0.717) is 0 Å². The Hall–Kier alpha value is -0.710. The molecule has 1 heterocycles. The lowest BCUT2D eigenvalue weighted by atomic mass is 10.3. The molecule has 102 valence electrons. The lowest BCUT2D eigenvalue weighted by molar-refractivity contribution is 0.350. The second kappa shape index (κ2) is 7.67. The number of hydrogen-bond acceptors (Lipinski definition) is 2. The molecule has 0 bridgehead atoms. The fourth-order valence-corrected chi connectivity index (χ4v) is 2.90. The van der Waals surface area contributed by atoms with Gasteiger partial charge < -0.3 is 4.90 Å². The average Bonchev–Trinajstić information content (AvgIpc) is 2.59. The van der Waals surface area contributed by atoms with E-state index >= 15 is 0 Å². The second-order valence-corrected chi connectivity index (χ2v) is 6.39. The van der Waals surface area contributed by atoms with Crippen molar-refractivity contribution in [1.82, 2.24) is 9.21 Å². The summed E-state index contributed by atoms with van der Waals surface area (Å²) in [5.74, 6) is 0. The predicted molar refractivity (Wildman–Crippen MR) is 79.5 cm³/mol. The molecule has 4 heteroatoms. The van der Waals surface area contributed by atoms with E-state index in [1.165, 1.54) is 0 Å². The molecule has 0 amide bonds. The largest absolute Gasteiger partial charge is 0.305 e. The van der Waals surface area contributed by atoms with Crippen molar-refractivity contribution in [3.8, 4) is 0 Å². The van der Waals surface area contributed by atoms with Crippen molar-refractivity contribution in [2.24, 2.45) is 0 Å². The van der Waals surface area contributed by atoms with E-state index < -0.39 is 11.0 Å². The van der Waals surface area contributed by atoms with Crippen LogP contribution >= 0.6 is 0 Å². The normalized spacial score (nSPS) is 22.6. The van der Waals surface area contributed by atoms with Crippen LogP contribution in [-0.2, 0) is 11.0 Å². The first-order valence-corrected chi connectivity index (χ1v) is 7.48. The molecule has 0 saturated carbocycles. The second-order valence-electron chi connectivity index (χ2n) is 4.73. The van der Waals surface area contributed by atoms with Gasteiger partial charge in [0.1, 0.15) is 11.0 Å². The first-order chi connectivity index (χ1) is 8.54. The minimum atomic E-state index is -1.01. The maximum atomic E-state index is 12.4. The van der Waals surface area contributed by atoms with Crippen LogP contribution in [0.5, 0.6) is 0 Å². The summed E-state index contributed by atoms with van der Waals surface area (Å²) in [5, 5.41) is 0. The van der Waals surface area contributed by atoms with E-state index in [2.05, 4.69) is 22.8 Å². The Bertz CT molecular complexity index is 374. The van der Waals surface area contributed by atoms with Gasteiger partial charge in [-0.1, -0.05) is 24.3 Å². The highest BCUT2D eigenvalue weighted by atomic mass is 32.2. The molecule has 18 heavy (non-hydrogen) atoms. The number of allylic oxidation sites excluding steroid dienone is 5. The lowest BCUT2D eigenvalue weighted by Crippen LogP contribution is -2.30. The van der Waals surface area contributed by atoms with Crippen LogP contribution in [-0.4, -0.2) is 46.6 Å². The molecule has 0 aromatic carbocycles. The van der Waals surface area contributed by atoms with Crippen LogP contribution in [0.2, 0.25) is 0 Å². The summed E-state index contributed by atoms with van der Waals surface area (Å²) in [6, 6.07) is 0. The summed E-state index contributed by atoms with van der Waals surface area (Å²) < 4.78 is 14.4. The van der Waals surface area contributed by atoms with Crippen LogP contribution < -0.4 is 0 Å². The highest BCUT2D eigenvalue weighted by Crippen LogP contribution is 2.11. The summed E-state index contributed by atoms with van der Waals surface area (Å²) in [7, 11) is 1.11. The third-order valence-electron chi connectivity index (χ3n) is 3.09. The molecule has 1 rings (SSSR count). The van der Waals surface area contributed by atoms with Crippen molar-refractivity contribution in [2.45, 2.75) is 20.3 Å². The Balaban J connectivity index is 2.65. The summed E-state index contributed by atoms with van der Waals surface area (Å²) in [6.07, 6.45) is 6.77. The van der Waals surface area contributed by atoms with Crippen molar-refractivity contribution in [3.05, 3.63) is 35.3 Å². The molecule has 1 atom stereocenters. The van der Waals surface area contributed by atoms with Gasteiger partial charge in [-0.25, -0.2) is 8.51 Å². The molecule has 1 unspecified atom stereocenters. The molecule has 0 radical (unpaired) electrons. The molecule has 0 aliphatic carbocycles. The van der Waals surface area contributed by atoms with Crippen LogP contribution in [0.4, 0.5) is 0 Å². The van der Waals surface area contributed by atoms with Gasteiger partial charge in [-0.15, -0.1) is 0 Å². The van der Waals surface area contributed by atoms with Gasteiger partial charge >= 0.3 is 0 Å². The molecule has 0 aromatic heterocycles. The van der Waals surface area contributed by atoms with Crippen molar-refractivity contribution in [2.75, 3.05) is 33.2 Å². The Kier molecular flexibility index (Phi) is 6.54. The Morgan fingerprint density at radius 2 is 1.89 bits per heavy atom. The summed E-state index contributed by atoms with van der Waals surface area (Å²) >= 11 is 0. The zero-order valence-electron chi connectivity index (χ0n) is 11.7. The van der Waals surface area contributed by atoms with Gasteiger partial charge in [0.05, 0.1) is 0 Å². The summed E-state index contributed by atoms with van der Waals surface area (Å²) in [5.41, 5.74) is 1.09.